The van der Waals surface area contributed by atoms with Gasteiger partial charge in [-0.25, -0.2) is 9.37 Å². The summed E-state index contributed by atoms with van der Waals surface area (Å²) >= 11 is 1.10. The monoisotopic (exact) mass is 292 g/mol. The molecule has 0 saturated heterocycles. The summed E-state index contributed by atoms with van der Waals surface area (Å²) in [7, 11) is 0. The Labute approximate surface area is 109 Å². The minimum absolute atomic E-state index is 0.0353. The Morgan fingerprint density at radius 1 is 1.42 bits per heavy atom. The molecule has 2 aromatic heterocycles. The number of amides is 1. The molecule has 0 bridgehead atoms. The number of nitrogens with zero attached hydrogens (tertiary/aromatic N) is 2. The number of aromatic nitrogens is 1. The molecule has 2 rings (SSSR count). The second-order valence-corrected chi connectivity index (χ2v) is 4.48. The minimum atomic E-state index is -5.04. The fourth-order valence-electron chi connectivity index (χ4n) is 1.63. The molecular weight excluding hydrogens is 284 g/mol. The van der Waals surface area contributed by atoms with E-state index in [1.165, 1.54) is 11.6 Å². The van der Waals surface area contributed by atoms with Gasteiger partial charge in [0.15, 0.2) is 0 Å². The first-order valence-corrected chi connectivity index (χ1v) is 6.10. The molecule has 2 heterocycles. The lowest BCUT2D eigenvalue weighted by Gasteiger charge is -2.21. The van der Waals surface area contributed by atoms with Gasteiger partial charge in [0.25, 0.3) is 0 Å². The molecule has 102 valence electrons. The van der Waals surface area contributed by atoms with Gasteiger partial charge in [0.1, 0.15) is 11.5 Å². The van der Waals surface area contributed by atoms with Gasteiger partial charge in [-0.2, -0.15) is 13.2 Å². The van der Waals surface area contributed by atoms with Crippen LogP contribution in [0.5, 0.6) is 0 Å². The molecule has 0 atom stereocenters. The fraction of sp³-hybridized carbons (Fsp3) is 0.273. The third kappa shape index (κ3) is 2.67. The molecule has 0 saturated carbocycles. The van der Waals surface area contributed by atoms with E-state index in [1.54, 1.807) is 12.1 Å². The van der Waals surface area contributed by atoms with Gasteiger partial charge in [0.05, 0.1) is 12.2 Å². The molecule has 0 unspecified atom stereocenters. The van der Waals surface area contributed by atoms with E-state index in [9.17, 15) is 22.4 Å². The Balaban J connectivity index is 2.47. The first-order chi connectivity index (χ1) is 8.95. The maximum Gasteiger partial charge on any atom is 0.471 e. The van der Waals surface area contributed by atoms with Crippen molar-refractivity contribution in [2.75, 3.05) is 18.1 Å². The van der Waals surface area contributed by atoms with Crippen molar-refractivity contribution in [2.24, 2.45) is 0 Å². The van der Waals surface area contributed by atoms with E-state index in [0.29, 0.717) is 15.1 Å². The van der Waals surface area contributed by atoms with Crippen molar-refractivity contribution in [1.29, 1.82) is 0 Å². The van der Waals surface area contributed by atoms with Crippen LogP contribution in [0.2, 0.25) is 0 Å². The summed E-state index contributed by atoms with van der Waals surface area (Å²) < 4.78 is 49.9. The average molecular weight is 292 g/mol. The van der Waals surface area contributed by atoms with Crippen LogP contribution in [0.4, 0.5) is 23.2 Å². The molecule has 0 fully saturated rings. The lowest BCUT2D eigenvalue weighted by atomic mass is 10.2. The smallest absolute Gasteiger partial charge is 0.300 e. The second-order valence-electron chi connectivity index (χ2n) is 3.62. The maximum absolute atomic E-state index is 12.5. The van der Waals surface area contributed by atoms with Crippen molar-refractivity contribution in [1.82, 2.24) is 4.98 Å². The predicted molar refractivity (Wildman–Crippen MR) is 64.0 cm³/mol. The van der Waals surface area contributed by atoms with Gasteiger partial charge in [0, 0.05) is 17.0 Å². The van der Waals surface area contributed by atoms with Gasteiger partial charge in [-0.3, -0.25) is 4.79 Å². The van der Waals surface area contributed by atoms with E-state index >= 15 is 0 Å². The standard InChI is InChI=1S/C11H8F4N2OS/c12-3-5-17(10(18)11(13,14)15)8-6-19-9-7(8)2-1-4-16-9/h1-2,4,6H,3,5H2. The zero-order valence-corrected chi connectivity index (χ0v) is 10.3. The lowest BCUT2D eigenvalue weighted by molar-refractivity contribution is -0.170. The van der Waals surface area contributed by atoms with Crippen molar-refractivity contribution < 1.29 is 22.4 Å². The van der Waals surface area contributed by atoms with Gasteiger partial charge in [-0.1, -0.05) is 0 Å². The number of pyridine rings is 1. The Hall–Kier alpha value is -1.70. The number of alkyl halides is 4. The van der Waals surface area contributed by atoms with E-state index in [-0.39, 0.29) is 5.69 Å². The van der Waals surface area contributed by atoms with Crippen LogP contribution >= 0.6 is 11.3 Å². The normalized spacial score (nSPS) is 11.8. The Morgan fingerprint density at radius 2 is 2.16 bits per heavy atom. The molecule has 19 heavy (non-hydrogen) atoms. The Bertz CT molecular complexity index is 596. The summed E-state index contributed by atoms with van der Waals surface area (Å²) in [6.07, 6.45) is -3.54. The number of carbonyl (C=O) groups excluding carboxylic acids is 1. The summed E-state index contributed by atoms with van der Waals surface area (Å²) in [5.41, 5.74) is 0.0353. The molecular formula is C11H8F4N2OS. The van der Waals surface area contributed by atoms with Crippen LogP contribution in [0.3, 0.4) is 0 Å². The molecule has 0 aliphatic rings. The second kappa shape index (κ2) is 5.12. The molecule has 0 N–H and O–H groups in total. The quantitative estimate of drug-likeness (QED) is 0.814. The van der Waals surface area contributed by atoms with Gasteiger partial charge < -0.3 is 4.90 Å². The van der Waals surface area contributed by atoms with Crippen molar-refractivity contribution in [3.63, 3.8) is 0 Å². The topological polar surface area (TPSA) is 33.2 Å². The Kier molecular flexibility index (Phi) is 3.70. The number of fused-ring (bicyclic) bond motifs is 1. The maximum atomic E-state index is 12.5. The predicted octanol–water partition coefficient (Wildman–Crippen LogP) is 3.16. The van der Waals surface area contributed by atoms with Gasteiger partial charge >= 0.3 is 12.1 Å². The lowest BCUT2D eigenvalue weighted by Crippen LogP contribution is -2.42. The first-order valence-electron chi connectivity index (χ1n) is 5.22. The molecule has 0 aromatic carbocycles. The Morgan fingerprint density at radius 3 is 2.79 bits per heavy atom. The van der Waals surface area contributed by atoms with Crippen LogP contribution in [0.1, 0.15) is 0 Å². The van der Waals surface area contributed by atoms with Crippen LogP contribution in [0.25, 0.3) is 10.2 Å². The van der Waals surface area contributed by atoms with E-state index in [2.05, 4.69) is 4.98 Å². The van der Waals surface area contributed by atoms with E-state index in [1.807, 2.05) is 0 Å². The number of anilines is 1. The summed E-state index contributed by atoms with van der Waals surface area (Å²) in [6, 6.07) is 3.09. The molecule has 0 aliphatic heterocycles. The first kappa shape index (κ1) is 13.7. The largest absolute Gasteiger partial charge is 0.471 e. The van der Waals surface area contributed by atoms with E-state index in [4.69, 9.17) is 0 Å². The third-order valence-electron chi connectivity index (χ3n) is 2.42. The van der Waals surface area contributed by atoms with Crippen LogP contribution in [-0.2, 0) is 4.79 Å². The molecule has 2 aromatic rings. The number of carbonyl (C=O) groups is 1. The molecule has 0 aliphatic carbocycles. The van der Waals surface area contributed by atoms with Crippen LogP contribution in [-0.4, -0.2) is 30.3 Å². The summed E-state index contributed by atoms with van der Waals surface area (Å²) in [5.74, 6) is -2.08. The van der Waals surface area contributed by atoms with Crippen molar-refractivity contribution >= 4 is 33.1 Å². The van der Waals surface area contributed by atoms with Crippen LogP contribution in [0.15, 0.2) is 23.7 Å². The SMILES string of the molecule is O=C(N(CCF)c1csc2ncccc12)C(F)(F)F. The minimum Gasteiger partial charge on any atom is -0.300 e. The van der Waals surface area contributed by atoms with Crippen molar-refractivity contribution in [2.45, 2.75) is 6.18 Å². The third-order valence-corrected chi connectivity index (χ3v) is 3.31. The highest BCUT2D eigenvalue weighted by atomic mass is 32.1. The highest BCUT2D eigenvalue weighted by molar-refractivity contribution is 7.17. The molecule has 8 heteroatoms. The summed E-state index contributed by atoms with van der Waals surface area (Å²) in [6.45, 7) is -1.70. The molecule has 1 amide bonds. The number of hydrogen-bond donors (Lipinski definition) is 0. The van der Waals surface area contributed by atoms with Crippen molar-refractivity contribution in [3.8, 4) is 0 Å². The number of thiophene rings is 1. The van der Waals surface area contributed by atoms with Gasteiger partial charge in [-0.05, 0) is 12.1 Å². The summed E-state index contributed by atoms with van der Waals surface area (Å²) in [4.78, 5) is 16.2. The molecule has 3 nitrogen and oxygen atoms in total. The number of halogens is 4. The fourth-order valence-corrected chi connectivity index (χ4v) is 2.53. The molecule has 0 spiro atoms. The average Bonchev–Trinajstić information content (AvgIpc) is 2.78. The number of rotatable bonds is 3. The van der Waals surface area contributed by atoms with Crippen molar-refractivity contribution in [3.05, 3.63) is 23.7 Å². The zero-order chi connectivity index (χ0) is 14.0. The highest BCUT2D eigenvalue weighted by Gasteiger charge is 2.43. The van der Waals surface area contributed by atoms with Gasteiger partial charge in [0.2, 0.25) is 0 Å². The summed E-state index contributed by atoms with van der Waals surface area (Å²) in [5, 5.41) is 1.77. The molecule has 0 radical (unpaired) electrons. The van der Waals surface area contributed by atoms with E-state index < -0.39 is 25.3 Å². The van der Waals surface area contributed by atoms with Gasteiger partial charge in [-0.15, -0.1) is 11.3 Å². The van der Waals surface area contributed by atoms with E-state index in [0.717, 1.165) is 11.3 Å². The van der Waals surface area contributed by atoms with Crippen LogP contribution in [0, 0.1) is 0 Å². The highest BCUT2D eigenvalue weighted by Crippen LogP contribution is 2.33. The zero-order valence-electron chi connectivity index (χ0n) is 9.45. The van der Waals surface area contributed by atoms with Crippen LogP contribution < -0.4 is 4.90 Å². The number of hydrogen-bond acceptors (Lipinski definition) is 3.